The molecule has 12 heavy (non-hydrogen) atoms. The molecule has 2 atom stereocenters. The molecule has 0 N–H and O–H groups in total. The van der Waals surface area contributed by atoms with Gasteiger partial charge in [0.15, 0.2) is 0 Å². The summed E-state index contributed by atoms with van der Waals surface area (Å²) in [4.78, 5) is 1.64. The second-order valence-electron chi connectivity index (χ2n) is 4.75. The first-order chi connectivity index (χ1) is 5.56. The standard InChI is InChI=1S/C11H18S/c1-7(2)10-5-9-6-11(9,12-10)8(3)4/h5,7-9H,6H2,1-4H3. The topological polar surface area (TPSA) is 0 Å². The van der Waals surface area contributed by atoms with Crippen molar-refractivity contribution >= 4 is 11.8 Å². The Morgan fingerprint density at radius 1 is 1.42 bits per heavy atom. The largest absolute Gasteiger partial charge is 0.123 e. The number of rotatable bonds is 2. The van der Waals surface area contributed by atoms with Gasteiger partial charge in [0, 0.05) is 4.75 Å². The van der Waals surface area contributed by atoms with Crippen molar-refractivity contribution in [3.8, 4) is 0 Å². The first-order valence-corrected chi connectivity index (χ1v) is 5.78. The Labute approximate surface area is 79.8 Å². The molecule has 0 bridgehead atoms. The molecule has 0 amide bonds. The molecule has 0 spiro atoms. The Morgan fingerprint density at radius 2 is 2.08 bits per heavy atom. The first kappa shape index (κ1) is 8.68. The van der Waals surface area contributed by atoms with Gasteiger partial charge in [-0.2, -0.15) is 0 Å². The van der Waals surface area contributed by atoms with E-state index in [2.05, 4.69) is 45.5 Å². The van der Waals surface area contributed by atoms with E-state index in [1.54, 1.807) is 4.91 Å². The highest BCUT2D eigenvalue weighted by Crippen LogP contribution is 2.67. The monoisotopic (exact) mass is 182 g/mol. The summed E-state index contributed by atoms with van der Waals surface area (Å²) in [7, 11) is 0. The van der Waals surface area contributed by atoms with Gasteiger partial charge in [-0.25, -0.2) is 0 Å². The average molecular weight is 182 g/mol. The summed E-state index contributed by atoms with van der Waals surface area (Å²) in [6.07, 6.45) is 3.96. The normalized spacial score (nSPS) is 38.8. The zero-order valence-corrected chi connectivity index (χ0v) is 9.24. The van der Waals surface area contributed by atoms with E-state index in [4.69, 9.17) is 0 Å². The maximum Gasteiger partial charge on any atom is 0.0296 e. The molecule has 2 rings (SSSR count). The molecule has 0 saturated heterocycles. The van der Waals surface area contributed by atoms with Gasteiger partial charge in [-0.15, -0.1) is 11.8 Å². The van der Waals surface area contributed by atoms with E-state index in [-0.39, 0.29) is 0 Å². The minimum absolute atomic E-state index is 0.638. The molecule has 0 radical (unpaired) electrons. The number of hydrogen-bond donors (Lipinski definition) is 0. The minimum Gasteiger partial charge on any atom is -0.123 e. The molecular formula is C11H18S. The summed E-state index contributed by atoms with van der Waals surface area (Å²) < 4.78 is 0.638. The molecule has 0 aromatic carbocycles. The Balaban J connectivity index is 2.09. The number of allylic oxidation sites excluding steroid dienone is 2. The summed E-state index contributed by atoms with van der Waals surface area (Å²) in [5, 5.41) is 0. The van der Waals surface area contributed by atoms with E-state index >= 15 is 0 Å². The molecule has 2 aliphatic rings. The van der Waals surface area contributed by atoms with Crippen LogP contribution in [-0.2, 0) is 0 Å². The Hall–Kier alpha value is 0.0900. The quantitative estimate of drug-likeness (QED) is 0.627. The number of hydrogen-bond acceptors (Lipinski definition) is 1. The third-order valence-electron chi connectivity index (χ3n) is 3.23. The van der Waals surface area contributed by atoms with E-state index in [1.165, 1.54) is 6.42 Å². The van der Waals surface area contributed by atoms with Gasteiger partial charge in [-0.3, -0.25) is 0 Å². The van der Waals surface area contributed by atoms with Gasteiger partial charge in [-0.1, -0.05) is 33.8 Å². The van der Waals surface area contributed by atoms with E-state index < -0.39 is 0 Å². The van der Waals surface area contributed by atoms with Gasteiger partial charge < -0.3 is 0 Å². The van der Waals surface area contributed by atoms with Crippen LogP contribution in [0.2, 0.25) is 0 Å². The van der Waals surface area contributed by atoms with Crippen LogP contribution in [0, 0.1) is 17.8 Å². The van der Waals surface area contributed by atoms with Crippen LogP contribution in [0.3, 0.4) is 0 Å². The molecule has 68 valence electrons. The molecule has 1 fully saturated rings. The van der Waals surface area contributed by atoms with Gasteiger partial charge in [0.1, 0.15) is 0 Å². The average Bonchev–Trinajstić information content (AvgIpc) is 2.55. The Morgan fingerprint density at radius 3 is 2.42 bits per heavy atom. The van der Waals surface area contributed by atoms with E-state index in [1.807, 2.05) is 0 Å². The minimum atomic E-state index is 0.638. The number of thioether (sulfide) groups is 1. The summed E-state index contributed by atoms with van der Waals surface area (Å²) in [6, 6.07) is 0. The highest BCUT2D eigenvalue weighted by atomic mass is 32.2. The lowest BCUT2D eigenvalue weighted by Gasteiger charge is -2.19. The molecule has 1 saturated carbocycles. The van der Waals surface area contributed by atoms with Gasteiger partial charge in [0.2, 0.25) is 0 Å². The lowest BCUT2D eigenvalue weighted by Crippen LogP contribution is -2.12. The molecule has 0 nitrogen and oxygen atoms in total. The summed E-state index contributed by atoms with van der Waals surface area (Å²) in [5.41, 5.74) is 0. The van der Waals surface area contributed by atoms with Crippen LogP contribution in [0.4, 0.5) is 0 Å². The van der Waals surface area contributed by atoms with Gasteiger partial charge in [-0.05, 0) is 29.1 Å². The fourth-order valence-electron chi connectivity index (χ4n) is 2.15. The van der Waals surface area contributed by atoms with Gasteiger partial charge in [0.05, 0.1) is 0 Å². The second kappa shape index (κ2) is 2.54. The molecule has 1 heteroatoms. The fourth-order valence-corrected chi connectivity index (χ4v) is 3.77. The summed E-state index contributed by atoms with van der Waals surface area (Å²) in [5.74, 6) is 2.51. The van der Waals surface area contributed by atoms with Crippen molar-refractivity contribution in [2.24, 2.45) is 17.8 Å². The lowest BCUT2D eigenvalue weighted by atomic mass is 10.1. The van der Waals surface area contributed by atoms with Crippen molar-refractivity contribution in [2.45, 2.75) is 38.9 Å². The maximum absolute atomic E-state index is 2.52. The van der Waals surface area contributed by atoms with E-state index in [0.29, 0.717) is 4.75 Å². The molecule has 1 aliphatic heterocycles. The molecule has 1 aliphatic carbocycles. The SMILES string of the molecule is CC(C)C1=CC2CC2(C(C)C)S1. The molecule has 0 aromatic heterocycles. The van der Waals surface area contributed by atoms with Crippen LogP contribution in [0.5, 0.6) is 0 Å². The third-order valence-corrected chi connectivity index (χ3v) is 5.39. The lowest BCUT2D eigenvalue weighted by molar-refractivity contribution is 0.588. The first-order valence-electron chi connectivity index (χ1n) is 4.97. The zero-order chi connectivity index (χ0) is 8.93. The fraction of sp³-hybridized carbons (Fsp3) is 0.818. The Kier molecular flexibility index (Phi) is 1.84. The van der Waals surface area contributed by atoms with Crippen molar-refractivity contribution in [1.82, 2.24) is 0 Å². The third kappa shape index (κ3) is 1.06. The number of fused-ring (bicyclic) bond motifs is 1. The van der Waals surface area contributed by atoms with Crippen LogP contribution >= 0.6 is 11.8 Å². The molecular weight excluding hydrogens is 164 g/mol. The Bertz CT molecular complexity index is 227. The van der Waals surface area contributed by atoms with Crippen LogP contribution in [0.25, 0.3) is 0 Å². The van der Waals surface area contributed by atoms with Gasteiger partial charge in [0.25, 0.3) is 0 Å². The predicted octanol–water partition coefficient (Wildman–Crippen LogP) is 3.69. The van der Waals surface area contributed by atoms with Crippen molar-refractivity contribution in [3.63, 3.8) is 0 Å². The van der Waals surface area contributed by atoms with Crippen molar-refractivity contribution in [1.29, 1.82) is 0 Å². The summed E-state index contributed by atoms with van der Waals surface area (Å²) >= 11 is 2.16. The van der Waals surface area contributed by atoms with Crippen molar-refractivity contribution in [3.05, 3.63) is 11.0 Å². The highest BCUT2D eigenvalue weighted by Gasteiger charge is 2.59. The van der Waals surface area contributed by atoms with E-state index in [0.717, 1.165) is 17.8 Å². The summed E-state index contributed by atoms with van der Waals surface area (Å²) in [6.45, 7) is 9.34. The van der Waals surface area contributed by atoms with Crippen LogP contribution < -0.4 is 0 Å². The smallest absolute Gasteiger partial charge is 0.0296 e. The maximum atomic E-state index is 2.52. The zero-order valence-electron chi connectivity index (χ0n) is 8.42. The molecule has 1 heterocycles. The highest BCUT2D eigenvalue weighted by molar-refractivity contribution is 8.05. The van der Waals surface area contributed by atoms with E-state index in [9.17, 15) is 0 Å². The van der Waals surface area contributed by atoms with Crippen molar-refractivity contribution in [2.75, 3.05) is 0 Å². The predicted molar refractivity (Wildman–Crippen MR) is 56.2 cm³/mol. The molecule has 2 unspecified atom stereocenters. The van der Waals surface area contributed by atoms with Crippen molar-refractivity contribution < 1.29 is 0 Å². The van der Waals surface area contributed by atoms with Crippen LogP contribution in [0.1, 0.15) is 34.1 Å². The second-order valence-corrected chi connectivity index (χ2v) is 6.18. The van der Waals surface area contributed by atoms with Crippen LogP contribution in [0.15, 0.2) is 11.0 Å². The molecule has 0 aromatic rings. The van der Waals surface area contributed by atoms with Gasteiger partial charge >= 0.3 is 0 Å². The van der Waals surface area contributed by atoms with Crippen LogP contribution in [-0.4, -0.2) is 4.75 Å².